The van der Waals surface area contributed by atoms with E-state index in [1.54, 1.807) is 11.0 Å². The molecule has 0 aromatic rings. The van der Waals surface area contributed by atoms with E-state index in [0.29, 0.717) is 13.1 Å². The third-order valence-corrected chi connectivity index (χ3v) is 2.53. The summed E-state index contributed by atoms with van der Waals surface area (Å²) in [4.78, 5) is 13.3. The van der Waals surface area contributed by atoms with Gasteiger partial charge in [0.15, 0.2) is 0 Å². The van der Waals surface area contributed by atoms with Gasteiger partial charge in [-0.25, -0.2) is 4.79 Å². The summed E-state index contributed by atoms with van der Waals surface area (Å²) in [5, 5.41) is 9.74. The average molecular weight is 227 g/mol. The molecule has 1 aliphatic heterocycles. The smallest absolute Gasteiger partial charge is 0.410 e. The lowest BCUT2D eigenvalue weighted by molar-refractivity contribution is 0.0270. The Hall–Kier alpha value is -1.03. The van der Waals surface area contributed by atoms with Gasteiger partial charge in [-0.1, -0.05) is 6.08 Å². The van der Waals surface area contributed by atoms with Gasteiger partial charge in [0.1, 0.15) is 5.60 Å². The minimum Gasteiger partial charge on any atom is -0.444 e. The molecule has 16 heavy (non-hydrogen) atoms. The van der Waals surface area contributed by atoms with Crippen molar-refractivity contribution in [3.05, 3.63) is 12.7 Å². The summed E-state index contributed by atoms with van der Waals surface area (Å²) in [5.41, 5.74) is -0.488. The predicted octanol–water partition coefficient (Wildman–Crippen LogP) is 1.79. The number of carbonyl (C=O) groups is 1. The summed E-state index contributed by atoms with van der Waals surface area (Å²) in [6.07, 6.45) is 1.68. The van der Waals surface area contributed by atoms with E-state index in [1.165, 1.54) is 0 Å². The number of carbonyl (C=O) groups excluding carboxylic acids is 1. The highest BCUT2D eigenvalue weighted by Gasteiger charge is 2.35. The van der Waals surface area contributed by atoms with Crippen LogP contribution >= 0.6 is 0 Å². The first-order valence-corrected chi connectivity index (χ1v) is 5.60. The Kier molecular flexibility index (Phi) is 3.97. The van der Waals surface area contributed by atoms with Crippen LogP contribution in [0.15, 0.2) is 12.7 Å². The molecule has 0 saturated carbocycles. The molecule has 1 aliphatic rings. The molecule has 92 valence electrons. The number of rotatable bonds is 2. The standard InChI is InChI=1S/C12H21NO3/c1-5-6-9-7-13(8-10(9)14)11(15)16-12(2,3)4/h5,9-10,14H,1,6-8H2,2-4H3/t9?,10-/m0/s1. The quantitative estimate of drug-likeness (QED) is 0.732. The first-order valence-electron chi connectivity index (χ1n) is 5.60. The highest BCUT2D eigenvalue weighted by Crippen LogP contribution is 2.22. The van der Waals surface area contributed by atoms with Crippen LogP contribution in [0.4, 0.5) is 4.79 Å². The highest BCUT2D eigenvalue weighted by molar-refractivity contribution is 5.68. The summed E-state index contributed by atoms with van der Waals surface area (Å²) in [6.45, 7) is 10.0. The Bertz CT molecular complexity index is 270. The second-order valence-electron chi connectivity index (χ2n) is 5.24. The minimum atomic E-state index is -0.488. The van der Waals surface area contributed by atoms with Crippen molar-refractivity contribution in [3.63, 3.8) is 0 Å². The van der Waals surface area contributed by atoms with Gasteiger partial charge in [-0.05, 0) is 27.2 Å². The largest absolute Gasteiger partial charge is 0.444 e. The molecule has 0 radical (unpaired) electrons. The number of allylic oxidation sites excluding steroid dienone is 1. The monoisotopic (exact) mass is 227 g/mol. The number of aliphatic hydroxyl groups excluding tert-OH is 1. The molecule has 0 aliphatic carbocycles. The number of aliphatic hydroxyl groups is 1. The zero-order valence-electron chi connectivity index (χ0n) is 10.3. The average Bonchev–Trinajstić information content (AvgIpc) is 2.46. The fraction of sp³-hybridized carbons (Fsp3) is 0.750. The van der Waals surface area contributed by atoms with E-state index in [-0.39, 0.29) is 12.0 Å². The molecule has 0 bridgehead atoms. The lowest BCUT2D eigenvalue weighted by Crippen LogP contribution is -2.35. The van der Waals surface area contributed by atoms with Gasteiger partial charge in [-0.3, -0.25) is 0 Å². The van der Waals surface area contributed by atoms with E-state index >= 15 is 0 Å². The molecule has 1 heterocycles. The van der Waals surface area contributed by atoms with E-state index in [1.807, 2.05) is 20.8 Å². The van der Waals surface area contributed by atoms with Crippen LogP contribution in [0.1, 0.15) is 27.2 Å². The molecule has 1 saturated heterocycles. The number of amides is 1. The normalized spacial score (nSPS) is 25.6. The van der Waals surface area contributed by atoms with Crippen LogP contribution in [0.25, 0.3) is 0 Å². The number of likely N-dealkylation sites (tertiary alicyclic amines) is 1. The van der Waals surface area contributed by atoms with Crippen molar-refractivity contribution >= 4 is 6.09 Å². The van der Waals surface area contributed by atoms with Crippen LogP contribution in [0.2, 0.25) is 0 Å². The number of hydrogen-bond donors (Lipinski definition) is 1. The lowest BCUT2D eigenvalue weighted by Gasteiger charge is -2.24. The molecule has 1 amide bonds. The van der Waals surface area contributed by atoms with Crippen molar-refractivity contribution in [2.45, 2.75) is 38.9 Å². The topological polar surface area (TPSA) is 49.8 Å². The van der Waals surface area contributed by atoms with Gasteiger partial charge >= 0.3 is 6.09 Å². The van der Waals surface area contributed by atoms with E-state index < -0.39 is 11.7 Å². The Morgan fingerprint density at radius 1 is 1.56 bits per heavy atom. The van der Waals surface area contributed by atoms with Crippen molar-refractivity contribution in [2.75, 3.05) is 13.1 Å². The number of ether oxygens (including phenoxy) is 1. The number of nitrogens with zero attached hydrogens (tertiary/aromatic N) is 1. The Morgan fingerprint density at radius 3 is 2.69 bits per heavy atom. The summed E-state index contributed by atoms with van der Waals surface area (Å²) in [5.74, 6) is 0.0880. The van der Waals surface area contributed by atoms with Crippen molar-refractivity contribution < 1.29 is 14.6 Å². The molecule has 1 rings (SSSR count). The number of hydrogen-bond acceptors (Lipinski definition) is 3. The van der Waals surface area contributed by atoms with Gasteiger partial charge in [0.2, 0.25) is 0 Å². The third kappa shape index (κ3) is 3.52. The Balaban J connectivity index is 2.51. The molecule has 0 spiro atoms. The summed E-state index contributed by atoms with van der Waals surface area (Å²) in [6, 6.07) is 0. The highest BCUT2D eigenvalue weighted by atomic mass is 16.6. The van der Waals surface area contributed by atoms with Crippen LogP contribution in [-0.2, 0) is 4.74 Å². The first kappa shape index (κ1) is 13.0. The maximum atomic E-state index is 11.7. The van der Waals surface area contributed by atoms with Crippen molar-refractivity contribution in [1.82, 2.24) is 4.90 Å². The van der Waals surface area contributed by atoms with Gasteiger partial charge in [0, 0.05) is 12.5 Å². The van der Waals surface area contributed by atoms with Gasteiger partial charge < -0.3 is 14.7 Å². The van der Waals surface area contributed by atoms with Gasteiger partial charge in [0.05, 0.1) is 12.6 Å². The zero-order chi connectivity index (χ0) is 12.3. The van der Waals surface area contributed by atoms with E-state index in [9.17, 15) is 9.90 Å². The van der Waals surface area contributed by atoms with Crippen molar-refractivity contribution in [3.8, 4) is 0 Å². The second kappa shape index (κ2) is 4.87. The summed E-state index contributed by atoms with van der Waals surface area (Å²) < 4.78 is 5.25. The lowest BCUT2D eigenvalue weighted by atomic mass is 10.0. The molecule has 0 aromatic carbocycles. The van der Waals surface area contributed by atoms with E-state index in [2.05, 4.69) is 6.58 Å². The summed E-state index contributed by atoms with van der Waals surface area (Å²) in [7, 11) is 0. The first-order chi connectivity index (χ1) is 7.33. The van der Waals surface area contributed by atoms with Crippen LogP contribution in [0, 0.1) is 5.92 Å². The molecule has 2 atom stereocenters. The minimum absolute atomic E-state index is 0.0880. The third-order valence-electron chi connectivity index (χ3n) is 2.53. The Labute approximate surface area is 96.9 Å². The molecule has 1 N–H and O–H groups in total. The van der Waals surface area contributed by atoms with Gasteiger partial charge in [-0.2, -0.15) is 0 Å². The van der Waals surface area contributed by atoms with Crippen molar-refractivity contribution in [1.29, 1.82) is 0 Å². The fourth-order valence-electron chi connectivity index (χ4n) is 1.78. The van der Waals surface area contributed by atoms with Crippen LogP contribution < -0.4 is 0 Å². The molecule has 0 aromatic heterocycles. The molecule has 4 heteroatoms. The zero-order valence-corrected chi connectivity index (χ0v) is 10.3. The molecule has 1 unspecified atom stereocenters. The summed E-state index contributed by atoms with van der Waals surface area (Å²) >= 11 is 0. The molecular formula is C12H21NO3. The molecule has 1 fully saturated rings. The van der Waals surface area contributed by atoms with Crippen LogP contribution in [0.5, 0.6) is 0 Å². The van der Waals surface area contributed by atoms with Crippen molar-refractivity contribution in [2.24, 2.45) is 5.92 Å². The molecular weight excluding hydrogens is 206 g/mol. The van der Waals surface area contributed by atoms with Crippen LogP contribution in [0.3, 0.4) is 0 Å². The number of β-amino-alcohol motifs (C(OH)–C–C–N with tert-alkyl or cyclic N) is 1. The maximum Gasteiger partial charge on any atom is 0.410 e. The van der Waals surface area contributed by atoms with E-state index in [0.717, 1.165) is 6.42 Å². The van der Waals surface area contributed by atoms with Gasteiger partial charge in [-0.15, -0.1) is 6.58 Å². The molecule has 4 nitrogen and oxygen atoms in total. The second-order valence-corrected chi connectivity index (χ2v) is 5.24. The van der Waals surface area contributed by atoms with E-state index in [4.69, 9.17) is 4.74 Å². The maximum absolute atomic E-state index is 11.7. The predicted molar refractivity (Wildman–Crippen MR) is 62.1 cm³/mol. The SMILES string of the molecule is C=CCC1CN(C(=O)OC(C)(C)C)C[C@@H]1O. The van der Waals surface area contributed by atoms with Gasteiger partial charge in [0.25, 0.3) is 0 Å². The Morgan fingerprint density at radius 2 is 2.19 bits per heavy atom. The fourth-order valence-corrected chi connectivity index (χ4v) is 1.78. The van der Waals surface area contributed by atoms with Crippen LogP contribution in [-0.4, -0.2) is 40.9 Å².